The van der Waals surface area contributed by atoms with Crippen molar-refractivity contribution in [2.24, 2.45) is 0 Å². The van der Waals surface area contributed by atoms with Gasteiger partial charge >= 0.3 is 0 Å². The van der Waals surface area contributed by atoms with Gasteiger partial charge in [0.05, 0.1) is 0 Å². The predicted octanol–water partition coefficient (Wildman–Crippen LogP) is 2.49. The molecule has 0 spiro atoms. The summed E-state index contributed by atoms with van der Waals surface area (Å²) >= 11 is 0. The number of Topliss-reactive ketones (excluding diaryl/α,β-unsaturated/α-hetero) is 1. The van der Waals surface area contributed by atoms with E-state index >= 15 is 0 Å². The third kappa shape index (κ3) is 4.11. The van der Waals surface area contributed by atoms with E-state index in [0.717, 1.165) is 49.4 Å². The number of nitrogen functional groups attached to an aromatic ring is 1. The van der Waals surface area contributed by atoms with Gasteiger partial charge in [0.2, 0.25) is 0 Å². The lowest BCUT2D eigenvalue weighted by molar-refractivity contribution is 0.0983. The zero-order valence-electron chi connectivity index (χ0n) is 13.3. The molecule has 0 bridgehead atoms. The summed E-state index contributed by atoms with van der Waals surface area (Å²) in [7, 11) is 0. The number of nitrogens with two attached hydrogens (primary N) is 1. The molecule has 1 aliphatic heterocycles. The van der Waals surface area contributed by atoms with Crippen molar-refractivity contribution in [3.8, 4) is 0 Å². The fraction of sp³-hybridized carbons (Fsp3) is 0.316. The SMILES string of the molecule is Nc1ccc(CCC(=O)c2ccc(N3CCNCC3)cc2)cc1. The van der Waals surface area contributed by atoms with Crippen LogP contribution in [0.3, 0.4) is 0 Å². The highest BCUT2D eigenvalue weighted by Gasteiger charge is 2.11. The summed E-state index contributed by atoms with van der Waals surface area (Å²) in [4.78, 5) is 14.7. The minimum absolute atomic E-state index is 0.189. The first kappa shape index (κ1) is 15.6. The zero-order valence-corrected chi connectivity index (χ0v) is 13.3. The molecule has 0 aromatic heterocycles. The quantitative estimate of drug-likeness (QED) is 0.658. The van der Waals surface area contributed by atoms with Crippen molar-refractivity contribution >= 4 is 17.2 Å². The maximum atomic E-state index is 12.3. The number of ketones is 1. The van der Waals surface area contributed by atoms with Crippen LogP contribution in [0.25, 0.3) is 0 Å². The number of hydrogen-bond donors (Lipinski definition) is 2. The lowest BCUT2D eigenvalue weighted by atomic mass is 10.0. The molecule has 2 aromatic carbocycles. The van der Waals surface area contributed by atoms with E-state index in [0.29, 0.717) is 6.42 Å². The Bertz CT molecular complexity index is 643. The van der Waals surface area contributed by atoms with Crippen LogP contribution in [0.2, 0.25) is 0 Å². The van der Waals surface area contributed by atoms with Gasteiger partial charge in [-0.2, -0.15) is 0 Å². The molecule has 1 aliphatic rings. The van der Waals surface area contributed by atoms with E-state index in [1.54, 1.807) is 0 Å². The van der Waals surface area contributed by atoms with Crippen molar-refractivity contribution in [1.29, 1.82) is 0 Å². The highest BCUT2D eigenvalue weighted by atomic mass is 16.1. The molecule has 120 valence electrons. The van der Waals surface area contributed by atoms with Crippen LogP contribution in [0.1, 0.15) is 22.3 Å². The number of carbonyl (C=O) groups is 1. The van der Waals surface area contributed by atoms with Crippen LogP contribution in [0.4, 0.5) is 11.4 Å². The first-order chi connectivity index (χ1) is 11.2. The van der Waals surface area contributed by atoms with E-state index in [1.807, 2.05) is 36.4 Å². The summed E-state index contributed by atoms with van der Waals surface area (Å²) in [5, 5.41) is 3.35. The van der Waals surface area contributed by atoms with Gasteiger partial charge in [-0.15, -0.1) is 0 Å². The number of rotatable bonds is 5. The van der Waals surface area contributed by atoms with E-state index in [2.05, 4.69) is 22.3 Å². The van der Waals surface area contributed by atoms with Crippen LogP contribution in [0, 0.1) is 0 Å². The summed E-state index contributed by atoms with van der Waals surface area (Å²) in [5.74, 6) is 0.189. The standard InChI is InChI=1S/C19H23N3O/c20-17-6-1-15(2-7-17)3-10-19(23)16-4-8-18(9-5-16)22-13-11-21-12-14-22/h1-2,4-9,21H,3,10-14,20H2. The number of anilines is 2. The lowest BCUT2D eigenvalue weighted by Gasteiger charge is -2.29. The van der Waals surface area contributed by atoms with E-state index in [4.69, 9.17) is 5.73 Å². The smallest absolute Gasteiger partial charge is 0.163 e. The number of aryl methyl sites for hydroxylation is 1. The van der Waals surface area contributed by atoms with E-state index in [1.165, 1.54) is 5.69 Å². The third-order valence-corrected chi connectivity index (χ3v) is 4.29. The summed E-state index contributed by atoms with van der Waals surface area (Å²) in [6.45, 7) is 4.07. The van der Waals surface area contributed by atoms with Gasteiger partial charge in [-0.05, 0) is 48.4 Å². The molecular formula is C19H23N3O. The predicted molar refractivity (Wildman–Crippen MR) is 95.0 cm³/mol. The normalized spacial score (nSPS) is 14.7. The first-order valence-corrected chi connectivity index (χ1v) is 8.16. The van der Waals surface area contributed by atoms with Gasteiger partial charge in [-0.1, -0.05) is 12.1 Å². The molecule has 0 amide bonds. The number of hydrogen-bond acceptors (Lipinski definition) is 4. The van der Waals surface area contributed by atoms with Crippen molar-refractivity contribution in [1.82, 2.24) is 5.32 Å². The van der Waals surface area contributed by atoms with Crippen LogP contribution < -0.4 is 16.0 Å². The zero-order chi connectivity index (χ0) is 16.1. The molecule has 1 fully saturated rings. The molecule has 4 nitrogen and oxygen atoms in total. The van der Waals surface area contributed by atoms with Crippen LogP contribution in [-0.4, -0.2) is 32.0 Å². The van der Waals surface area contributed by atoms with Gasteiger partial charge in [0.1, 0.15) is 0 Å². The topological polar surface area (TPSA) is 58.4 Å². The second-order valence-electron chi connectivity index (χ2n) is 5.95. The highest BCUT2D eigenvalue weighted by Crippen LogP contribution is 2.17. The summed E-state index contributed by atoms with van der Waals surface area (Å²) in [5.41, 5.74) is 9.56. The maximum Gasteiger partial charge on any atom is 0.163 e. The number of piperazine rings is 1. The molecule has 3 N–H and O–H groups in total. The average molecular weight is 309 g/mol. The summed E-state index contributed by atoms with van der Waals surface area (Å²) in [6, 6.07) is 15.7. The monoisotopic (exact) mass is 309 g/mol. The van der Waals surface area contributed by atoms with Crippen LogP contribution in [0.15, 0.2) is 48.5 Å². The molecule has 0 radical (unpaired) electrons. The molecule has 4 heteroatoms. The van der Waals surface area contributed by atoms with Gasteiger partial charge in [-0.25, -0.2) is 0 Å². The fourth-order valence-corrected chi connectivity index (χ4v) is 2.87. The molecule has 0 saturated carbocycles. The largest absolute Gasteiger partial charge is 0.399 e. The van der Waals surface area contributed by atoms with E-state index in [9.17, 15) is 4.79 Å². The van der Waals surface area contributed by atoms with Crippen molar-refractivity contribution in [3.63, 3.8) is 0 Å². The van der Waals surface area contributed by atoms with Gasteiger partial charge < -0.3 is 16.0 Å². The first-order valence-electron chi connectivity index (χ1n) is 8.16. The van der Waals surface area contributed by atoms with Crippen LogP contribution >= 0.6 is 0 Å². The molecule has 23 heavy (non-hydrogen) atoms. The van der Waals surface area contributed by atoms with Crippen molar-refractivity contribution in [3.05, 3.63) is 59.7 Å². The molecule has 1 saturated heterocycles. The second kappa shape index (κ2) is 7.29. The average Bonchev–Trinajstić information content (AvgIpc) is 2.62. The third-order valence-electron chi connectivity index (χ3n) is 4.29. The van der Waals surface area contributed by atoms with Crippen LogP contribution in [0.5, 0.6) is 0 Å². The molecule has 0 aliphatic carbocycles. The number of nitrogens with zero attached hydrogens (tertiary/aromatic N) is 1. The molecule has 0 atom stereocenters. The minimum Gasteiger partial charge on any atom is -0.399 e. The van der Waals surface area contributed by atoms with Crippen molar-refractivity contribution < 1.29 is 4.79 Å². The van der Waals surface area contributed by atoms with Gasteiger partial charge in [0.15, 0.2) is 5.78 Å². The van der Waals surface area contributed by atoms with Crippen LogP contribution in [-0.2, 0) is 6.42 Å². The van der Waals surface area contributed by atoms with E-state index < -0.39 is 0 Å². The van der Waals surface area contributed by atoms with E-state index in [-0.39, 0.29) is 5.78 Å². The Morgan fingerprint density at radius 2 is 1.65 bits per heavy atom. The van der Waals surface area contributed by atoms with Crippen molar-refractivity contribution in [2.75, 3.05) is 36.8 Å². The summed E-state index contributed by atoms with van der Waals surface area (Å²) in [6.07, 6.45) is 1.27. The number of nitrogens with one attached hydrogen (secondary N) is 1. The maximum absolute atomic E-state index is 12.3. The van der Waals surface area contributed by atoms with Gasteiger partial charge in [0, 0.05) is 49.5 Å². The number of carbonyl (C=O) groups excluding carboxylic acids is 1. The van der Waals surface area contributed by atoms with Crippen molar-refractivity contribution in [2.45, 2.75) is 12.8 Å². The van der Waals surface area contributed by atoms with Gasteiger partial charge in [0.25, 0.3) is 0 Å². The highest BCUT2D eigenvalue weighted by molar-refractivity contribution is 5.96. The molecule has 3 rings (SSSR count). The Hall–Kier alpha value is -2.33. The molecule has 1 heterocycles. The Morgan fingerprint density at radius 1 is 1.00 bits per heavy atom. The molecular weight excluding hydrogens is 286 g/mol. The Balaban J connectivity index is 1.57. The molecule has 0 unspecified atom stereocenters. The minimum atomic E-state index is 0.189. The van der Waals surface area contributed by atoms with Gasteiger partial charge in [-0.3, -0.25) is 4.79 Å². The summed E-state index contributed by atoms with van der Waals surface area (Å²) < 4.78 is 0. The Kier molecular flexibility index (Phi) is 4.93. The Labute approximate surface area is 137 Å². The Morgan fingerprint density at radius 3 is 2.30 bits per heavy atom. The fourth-order valence-electron chi connectivity index (χ4n) is 2.87. The number of benzene rings is 2. The second-order valence-corrected chi connectivity index (χ2v) is 5.95. The molecule has 2 aromatic rings. The lowest BCUT2D eigenvalue weighted by Crippen LogP contribution is -2.43.